The third-order valence-electron chi connectivity index (χ3n) is 6.04. The Morgan fingerprint density at radius 3 is 1.62 bits per heavy atom. The fourth-order valence-corrected chi connectivity index (χ4v) is 4.55. The summed E-state index contributed by atoms with van der Waals surface area (Å²) in [5.41, 5.74) is 1.30. The fourth-order valence-electron chi connectivity index (χ4n) is 4.55. The SMILES string of the molecule is O[C-]1C[C@@H](C2CCCCC2)C[C@@H]1c1ccccc1.[CH]1[CH][CH][CH][CH]1.[CH]1[CH][CH][CH][CH]1.[Zr]. The van der Waals surface area contributed by atoms with Gasteiger partial charge in [0.25, 0.3) is 0 Å². The van der Waals surface area contributed by atoms with Gasteiger partial charge < -0.3 is 5.11 Å². The van der Waals surface area contributed by atoms with E-state index in [2.05, 4.69) is 24.3 Å². The van der Waals surface area contributed by atoms with Crippen LogP contribution in [0.25, 0.3) is 0 Å². The van der Waals surface area contributed by atoms with E-state index in [4.69, 9.17) is 0 Å². The summed E-state index contributed by atoms with van der Waals surface area (Å²) < 4.78 is 0. The van der Waals surface area contributed by atoms with Gasteiger partial charge in [0.1, 0.15) is 0 Å². The van der Waals surface area contributed by atoms with E-state index in [1.807, 2.05) is 70.3 Å². The molecule has 0 heterocycles. The van der Waals surface area contributed by atoms with Gasteiger partial charge in [0.05, 0.1) is 0 Å². The molecule has 10 radical (unpaired) electrons. The summed E-state index contributed by atoms with van der Waals surface area (Å²) in [6.07, 6.45) is 29.8. The first-order valence-corrected chi connectivity index (χ1v) is 10.8. The average molecular weight is 465 g/mol. The Kier molecular flexibility index (Phi) is 13.1. The number of aliphatic hydroxyl groups excluding tert-OH is 1. The van der Waals surface area contributed by atoms with Crippen LogP contribution in [0, 0.1) is 82.1 Å². The van der Waals surface area contributed by atoms with Crippen molar-refractivity contribution in [2.75, 3.05) is 0 Å². The maximum Gasteiger partial charge on any atom is 0 e. The van der Waals surface area contributed by atoms with E-state index >= 15 is 0 Å². The fraction of sp³-hybridized carbons (Fsp3) is 0.370. The maximum absolute atomic E-state index is 10.3. The van der Waals surface area contributed by atoms with Crippen LogP contribution in [0.1, 0.15) is 56.4 Å². The molecule has 4 aliphatic rings. The minimum atomic E-state index is 0. The molecule has 4 fully saturated rings. The van der Waals surface area contributed by atoms with Crippen LogP contribution in [0.3, 0.4) is 0 Å². The van der Waals surface area contributed by atoms with Gasteiger partial charge in [0.15, 0.2) is 0 Å². The van der Waals surface area contributed by atoms with E-state index in [-0.39, 0.29) is 26.2 Å². The summed E-state index contributed by atoms with van der Waals surface area (Å²) in [6, 6.07) is 10.5. The average Bonchev–Trinajstić information content (AvgIpc) is 3.54. The molecule has 2 heteroatoms. The van der Waals surface area contributed by atoms with Gasteiger partial charge in [-0.05, 0) is 70.1 Å². The molecular formula is C27H33OZr-. The first kappa shape index (κ1) is 25.3. The molecule has 2 atom stereocenters. The molecule has 0 aliphatic heterocycles. The molecule has 4 aliphatic carbocycles. The van der Waals surface area contributed by atoms with E-state index in [1.54, 1.807) is 0 Å². The maximum atomic E-state index is 10.3. The molecule has 0 spiro atoms. The van der Waals surface area contributed by atoms with E-state index in [0.29, 0.717) is 5.92 Å². The molecule has 0 unspecified atom stereocenters. The largest absolute Gasteiger partial charge is 0.562 e. The van der Waals surface area contributed by atoms with Crippen LogP contribution >= 0.6 is 0 Å². The molecule has 0 aromatic heterocycles. The van der Waals surface area contributed by atoms with Crippen LogP contribution in [0.4, 0.5) is 0 Å². The minimum absolute atomic E-state index is 0. The van der Waals surface area contributed by atoms with Crippen molar-refractivity contribution in [3.05, 3.63) is 106 Å². The normalized spacial score (nSPS) is 27.3. The Morgan fingerprint density at radius 1 is 0.655 bits per heavy atom. The number of hydrogen-bond donors (Lipinski definition) is 1. The first-order valence-electron chi connectivity index (χ1n) is 10.8. The number of rotatable bonds is 2. The summed E-state index contributed by atoms with van der Waals surface area (Å²) in [5.74, 6) is 1.91. The second-order valence-electron chi connectivity index (χ2n) is 7.98. The van der Waals surface area contributed by atoms with Gasteiger partial charge in [-0.15, -0.1) is 5.92 Å². The number of benzene rings is 1. The van der Waals surface area contributed by atoms with Gasteiger partial charge in [-0.1, -0.05) is 80.3 Å². The molecule has 1 N–H and O–H groups in total. The Hall–Kier alpha value is 0.0631. The van der Waals surface area contributed by atoms with Gasteiger partial charge >= 0.3 is 0 Å². The van der Waals surface area contributed by atoms with Gasteiger partial charge in [-0.25, -0.2) is 0 Å². The number of hydrogen-bond acceptors (Lipinski definition) is 1. The van der Waals surface area contributed by atoms with Crippen molar-refractivity contribution in [2.45, 2.75) is 50.9 Å². The monoisotopic (exact) mass is 463 g/mol. The van der Waals surface area contributed by atoms with Crippen molar-refractivity contribution in [1.82, 2.24) is 0 Å². The first-order chi connectivity index (χ1) is 13.8. The topological polar surface area (TPSA) is 20.2 Å². The molecular weight excluding hydrogens is 432 g/mol. The van der Waals surface area contributed by atoms with E-state index in [9.17, 15) is 5.11 Å². The van der Waals surface area contributed by atoms with Crippen LogP contribution in [0.5, 0.6) is 0 Å². The molecule has 152 valence electrons. The zero-order valence-electron chi connectivity index (χ0n) is 17.3. The Balaban J connectivity index is 0.000000223. The zero-order chi connectivity index (χ0) is 19.4. The van der Waals surface area contributed by atoms with Crippen molar-refractivity contribution < 1.29 is 31.3 Å². The van der Waals surface area contributed by atoms with Gasteiger partial charge in [-0.3, -0.25) is 0 Å². The molecule has 1 aromatic carbocycles. The van der Waals surface area contributed by atoms with Crippen LogP contribution in [0.2, 0.25) is 0 Å². The molecule has 0 saturated heterocycles. The Labute approximate surface area is 199 Å². The minimum Gasteiger partial charge on any atom is -0.562 e. The Morgan fingerprint density at radius 2 is 1.14 bits per heavy atom. The summed E-state index contributed by atoms with van der Waals surface area (Å²) in [7, 11) is 0. The quantitative estimate of drug-likeness (QED) is 0.483. The second-order valence-corrected chi connectivity index (χ2v) is 7.98. The van der Waals surface area contributed by atoms with Crippen molar-refractivity contribution in [1.29, 1.82) is 0 Å². The molecule has 5 rings (SSSR count). The van der Waals surface area contributed by atoms with Gasteiger partial charge in [0, 0.05) is 26.2 Å². The van der Waals surface area contributed by atoms with Crippen molar-refractivity contribution in [2.24, 2.45) is 11.8 Å². The van der Waals surface area contributed by atoms with Crippen LogP contribution in [-0.2, 0) is 26.2 Å². The standard InChI is InChI=1S/C17H23O.2C5H5.Zr/c18-17-12-15(13-7-3-1-4-8-13)11-16(17)14-9-5-2-6-10-14;2*1-2-4-5-3-1;/h2,5-6,9-10,13,15-16,18H,1,3-4,7-8,11-12H2;2*1-5H;/q-1;;;/t15-,16+;;;/m0.../s1. The van der Waals surface area contributed by atoms with Crippen LogP contribution in [-0.4, -0.2) is 5.11 Å². The van der Waals surface area contributed by atoms with E-state index in [0.717, 1.165) is 24.4 Å². The summed E-state index contributed by atoms with van der Waals surface area (Å²) in [5, 5.41) is 10.3. The summed E-state index contributed by atoms with van der Waals surface area (Å²) in [4.78, 5) is 0. The molecule has 1 aromatic rings. The van der Waals surface area contributed by atoms with Gasteiger partial charge in [-0.2, -0.15) is 12.5 Å². The third-order valence-corrected chi connectivity index (χ3v) is 6.04. The predicted octanol–water partition coefficient (Wildman–Crippen LogP) is 6.71. The Bertz CT molecular complexity index is 477. The smallest absolute Gasteiger partial charge is 0 e. The van der Waals surface area contributed by atoms with Crippen LogP contribution in [0.15, 0.2) is 30.3 Å². The van der Waals surface area contributed by atoms with Gasteiger partial charge in [0.2, 0.25) is 0 Å². The molecule has 0 bridgehead atoms. The van der Waals surface area contributed by atoms with Crippen LogP contribution < -0.4 is 0 Å². The molecule has 0 amide bonds. The molecule has 29 heavy (non-hydrogen) atoms. The zero-order valence-corrected chi connectivity index (χ0v) is 19.7. The van der Waals surface area contributed by atoms with E-state index in [1.165, 1.54) is 44.1 Å². The van der Waals surface area contributed by atoms with Crippen molar-refractivity contribution in [3.63, 3.8) is 0 Å². The molecule has 4 saturated carbocycles. The van der Waals surface area contributed by atoms with Crippen molar-refractivity contribution >= 4 is 0 Å². The third kappa shape index (κ3) is 8.98. The van der Waals surface area contributed by atoms with E-state index < -0.39 is 0 Å². The number of aliphatic hydroxyl groups is 1. The molecule has 1 nitrogen and oxygen atoms in total. The summed E-state index contributed by atoms with van der Waals surface area (Å²) >= 11 is 0. The van der Waals surface area contributed by atoms with Crippen molar-refractivity contribution in [3.8, 4) is 0 Å². The predicted molar refractivity (Wildman–Crippen MR) is 117 cm³/mol. The summed E-state index contributed by atoms with van der Waals surface area (Å²) in [6.45, 7) is 0. The second kappa shape index (κ2) is 15.0.